The minimum absolute atomic E-state index is 0.0610. The zero-order valence-electron chi connectivity index (χ0n) is 26.4. The summed E-state index contributed by atoms with van der Waals surface area (Å²) in [5.41, 5.74) is 6.59. The van der Waals surface area contributed by atoms with Gasteiger partial charge in [-0.25, -0.2) is 17.1 Å². The molecule has 0 spiro atoms. The van der Waals surface area contributed by atoms with Crippen molar-refractivity contribution in [3.8, 4) is 28.4 Å². The molecule has 6 rings (SSSR count). The van der Waals surface area contributed by atoms with E-state index in [9.17, 15) is 13.2 Å². The first-order valence-electron chi connectivity index (χ1n) is 15.5. The van der Waals surface area contributed by atoms with E-state index < -0.39 is 21.4 Å². The summed E-state index contributed by atoms with van der Waals surface area (Å²) in [6.45, 7) is 9.29. The molecular weight excluding hydrogens is 597 g/mol. The number of nitrogens with zero attached hydrogens (tertiary/aromatic N) is 1. The highest BCUT2D eigenvalue weighted by atomic mass is 32.2. The maximum absolute atomic E-state index is 15.4. The lowest BCUT2D eigenvalue weighted by Crippen LogP contribution is -2.53. The molecule has 0 saturated carbocycles. The van der Waals surface area contributed by atoms with Gasteiger partial charge in [0.25, 0.3) is 0 Å². The molecule has 0 amide bonds. The summed E-state index contributed by atoms with van der Waals surface area (Å²) in [4.78, 5) is 11.8. The summed E-state index contributed by atoms with van der Waals surface area (Å²) in [5.74, 6) is 1.56. The fraction of sp³-hybridized carbons (Fsp3) is 0.457. The third-order valence-electron chi connectivity index (χ3n) is 9.21. The van der Waals surface area contributed by atoms with Crippen molar-refractivity contribution in [3.63, 3.8) is 0 Å². The van der Waals surface area contributed by atoms with Crippen LogP contribution in [0.1, 0.15) is 66.5 Å². The summed E-state index contributed by atoms with van der Waals surface area (Å²) in [6, 6.07) is 13.0. The van der Waals surface area contributed by atoms with Crippen LogP contribution < -0.4 is 14.2 Å². The van der Waals surface area contributed by atoms with Gasteiger partial charge in [-0.15, -0.1) is 0 Å². The molecule has 0 aromatic heterocycles. The number of hydrogen-bond donors (Lipinski definition) is 0. The van der Waals surface area contributed by atoms with Gasteiger partial charge in [-0.3, -0.25) is 4.79 Å². The van der Waals surface area contributed by atoms with Gasteiger partial charge in [0.05, 0.1) is 32.0 Å². The molecule has 3 aromatic carbocycles. The first-order valence-corrected chi connectivity index (χ1v) is 17.0. The van der Waals surface area contributed by atoms with Crippen molar-refractivity contribution < 1.29 is 36.6 Å². The van der Waals surface area contributed by atoms with Crippen molar-refractivity contribution in [3.05, 3.63) is 76.1 Å². The summed E-state index contributed by atoms with van der Waals surface area (Å²) in [5, 5.41) is -0.422. The van der Waals surface area contributed by atoms with E-state index in [1.807, 2.05) is 50.2 Å². The SMILES string of the molecule is COC(=O)CC1COc2cc(OC3CCc4c(-c5c(C)cc(OCC6CN(S(=O)(=O)C(C)C)C6)cc5C)ccc(F)c43)ccc21. The zero-order valence-corrected chi connectivity index (χ0v) is 27.2. The number of benzene rings is 3. The van der Waals surface area contributed by atoms with Crippen LogP contribution in [0.25, 0.3) is 11.1 Å². The summed E-state index contributed by atoms with van der Waals surface area (Å²) in [6.07, 6.45) is 1.15. The van der Waals surface area contributed by atoms with E-state index in [-0.39, 0.29) is 30.0 Å². The number of carbonyl (C=O) groups excluding carboxylic acids is 1. The van der Waals surface area contributed by atoms with Crippen LogP contribution in [0.3, 0.4) is 0 Å². The normalized spacial score (nSPS) is 19.5. The van der Waals surface area contributed by atoms with Crippen LogP contribution in [-0.4, -0.2) is 57.4 Å². The lowest BCUT2D eigenvalue weighted by atomic mass is 9.90. The molecule has 0 N–H and O–H groups in total. The first-order chi connectivity index (χ1) is 21.5. The van der Waals surface area contributed by atoms with Gasteiger partial charge >= 0.3 is 5.97 Å². The van der Waals surface area contributed by atoms with E-state index in [1.54, 1.807) is 13.8 Å². The molecule has 3 aromatic rings. The fourth-order valence-corrected chi connectivity index (χ4v) is 8.19. The molecule has 3 aliphatic rings. The van der Waals surface area contributed by atoms with E-state index in [0.717, 1.165) is 39.1 Å². The van der Waals surface area contributed by atoms with Crippen LogP contribution in [0, 0.1) is 25.6 Å². The monoisotopic (exact) mass is 637 g/mol. The molecule has 2 unspecified atom stereocenters. The van der Waals surface area contributed by atoms with Crippen LogP contribution in [0.2, 0.25) is 0 Å². The first kappa shape index (κ1) is 31.4. The molecule has 2 atom stereocenters. The van der Waals surface area contributed by atoms with Crippen molar-refractivity contribution in [1.29, 1.82) is 0 Å². The number of fused-ring (bicyclic) bond motifs is 2. The standard InChI is InChI=1S/C35H40FNO7S/c1-20(2)45(39,40)37-16-23(17-37)18-42-26-12-21(3)34(22(4)13-26)28-8-10-30(36)35-29(28)9-11-31(35)44-25-6-7-27-24(14-33(38)41-5)19-43-32(27)15-25/h6-8,10,12-13,15,20,23-24,31H,9,11,14,16-19H2,1-5H3. The van der Waals surface area contributed by atoms with Gasteiger partial charge in [0.1, 0.15) is 29.2 Å². The molecule has 0 radical (unpaired) electrons. The van der Waals surface area contributed by atoms with Gasteiger partial charge in [0, 0.05) is 42.1 Å². The smallest absolute Gasteiger partial charge is 0.306 e. The second-order valence-corrected chi connectivity index (χ2v) is 15.1. The Balaban J connectivity index is 1.16. The molecule has 10 heteroatoms. The van der Waals surface area contributed by atoms with Crippen LogP contribution in [0.5, 0.6) is 17.2 Å². The highest BCUT2D eigenvalue weighted by Crippen LogP contribution is 2.45. The minimum atomic E-state index is -3.22. The third-order valence-corrected chi connectivity index (χ3v) is 11.4. The van der Waals surface area contributed by atoms with Crippen molar-refractivity contribution in [1.82, 2.24) is 4.31 Å². The molecule has 240 valence electrons. The average Bonchev–Trinajstić information content (AvgIpc) is 3.57. The second kappa shape index (κ2) is 12.3. The van der Waals surface area contributed by atoms with Gasteiger partial charge in [0.15, 0.2) is 0 Å². The number of hydrogen-bond acceptors (Lipinski definition) is 7. The van der Waals surface area contributed by atoms with Crippen LogP contribution in [-0.2, 0) is 26.0 Å². The molecule has 1 fully saturated rings. The van der Waals surface area contributed by atoms with Crippen molar-refractivity contribution in [2.75, 3.05) is 33.4 Å². The Morgan fingerprint density at radius 1 is 1.07 bits per heavy atom. The van der Waals surface area contributed by atoms with Crippen LogP contribution in [0.15, 0.2) is 42.5 Å². The highest BCUT2D eigenvalue weighted by Gasteiger charge is 2.38. The zero-order chi connectivity index (χ0) is 32.0. The number of halogens is 1. The largest absolute Gasteiger partial charge is 0.493 e. The quantitative estimate of drug-likeness (QED) is 0.242. The third kappa shape index (κ3) is 6.02. The van der Waals surface area contributed by atoms with Gasteiger partial charge < -0.3 is 18.9 Å². The summed E-state index contributed by atoms with van der Waals surface area (Å²) >= 11 is 0. The number of sulfonamides is 1. The van der Waals surface area contributed by atoms with Gasteiger partial charge in [-0.05, 0) is 92.6 Å². The van der Waals surface area contributed by atoms with E-state index in [2.05, 4.69) is 0 Å². The Labute approximate surface area is 264 Å². The Kier molecular flexibility index (Phi) is 8.56. The Morgan fingerprint density at radius 3 is 2.49 bits per heavy atom. The Morgan fingerprint density at radius 2 is 1.80 bits per heavy atom. The molecule has 2 aliphatic heterocycles. The predicted octanol–water partition coefficient (Wildman–Crippen LogP) is 6.26. The Hall–Kier alpha value is -3.63. The summed E-state index contributed by atoms with van der Waals surface area (Å²) in [7, 11) is -1.84. The van der Waals surface area contributed by atoms with Gasteiger partial charge in [-0.1, -0.05) is 12.1 Å². The van der Waals surface area contributed by atoms with Crippen LogP contribution in [0.4, 0.5) is 4.39 Å². The molecule has 0 bridgehead atoms. The number of rotatable bonds is 10. The molecular formula is C35H40FNO7S. The number of ether oxygens (including phenoxy) is 4. The number of methoxy groups -OCH3 is 1. The Bertz CT molecular complexity index is 1710. The minimum Gasteiger partial charge on any atom is -0.493 e. The van der Waals surface area contributed by atoms with Gasteiger partial charge in [0.2, 0.25) is 10.0 Å². The van der Waals surface area contributed by atoms with E-state index in [4.69, 9.17) is 18.9 Å². The highest BCUT2D eigenvalue weighted by molar-refractivity contribution is 7.89. The molecule has 2 heterocycles. The average molecular weight is 638 g/mol. The van der Waals surface area contributed by atoms with Gasteiger partial charge in [-0.2, -0.15) is 0 Å². The predicted molar refractivity (Wildman–Crippen MR) is 169 cm³/mol. The van der Waals surface area contributed by atoms with E-state index in [1.165, 1.54) is 17.5 Å². The second-order valence-electron chi connectivity index (χ2n) is 12.6. The topological polar surface area (TPSA) is 91.4 Å². The molecule has 1 saturated heterocycles. The van der Waals surface area contributed by atoms with E-state index in [0.29, 0.717) is 56.2 Å². The number of esters is 1. The maximum Gasteiger partial charge on any atom is 0.306 e. The fourth-order valence-electron chi connectivity index (χ4n) is 6.75. The lowest BCUT2D eigenvalue weighted by molar-refractivity contribution is -0.141. The van der Waals surface area contributed by atoms with E-state index >= 15 is 4.39 Å². The maximum atomic E-state index is 15.4. The number of carbonyl (C=O) groups is 1. The molecule has 45 heavy (non-hydrogen) atoms. The van der Waals surface area contributed by atoms with Crippen LogP contribution >= 0.6 is 0 Å². The van der Waals surface area contributed by atoms with Crippen molar-refractivity contribution >= 4 is 16.0 Å². The van der Waals surface area contributed by atoms with Crippen molar-refractivity contribution in [2.24, 2.45) is 5.92 Å². The number of aryl methyl sites for hydroxylation is 2. The molecule has 1 aliphatic carbocycles. The van der Waals surface area contributed by atoms with Crippen molar-refractivity contribution in [2.45, 2.75) is 64.2 Å². The summed E-state index contributed by atoms with van der Waals surface area (Å²) < 4.78 is 64.7. The lowest BCUT2D eigenvalue weighted by Gasteiger charge is -2.38. The molecule has 8 nitrogen and oxygen atoms in total.